The molecule has 0 spiro atoms. The third kappa shape index (κ3) is 3.85. The number of nitrogens with zero attached hydrogens (tertiary/aromatic N) is 5. The smallest absolute Gasteiger partial charge is 0.330 e. The van der Waals surface area contributed by atoms with Gasteiger partial charge in [-0.05, 0) is 30.7 Å². The fourth-order valence-corrected chi connectivity index (χ4v) is 5.30. The Kier molecular flexibility index (Phi) is 5.54. The number of alkyl halides is 2. The molecule has 172 valence electrons. The predicted octanol–water partition coefficient (Wildman–Crippen LogP) is 5.11. The van der Waals surface area contributed by atoms with Gasteiger partial charge >= 0.3 is 6.55 Å². The molecule has 0 radical (unpaired) electrons. The predicted molar refractivity (Wildman–Crippen MR) is 122 cm³/mol. The highest BCUT2D eigenvalue weighted by Gasteiger charge is 2.44. The van der Waals surface area contributed by atoms with E-state index in [2.05, 4.69) is 21.9 Å². The molecular formula is C22H20ClF3N6S. The molecule has 1 saturated heterocycles. The number of amidine groups is 1. The second kappa shape index (κ2) is 8.27. The zero-order valence-corrected chi connectivity index (χ0v) is 19.1. The molecule has 2 aliphatic rings. The lowest BCUT2D eigenvalue weighted by atomic mass is 9.86. The van der Waals surface area contributed by atoms with Crippen LogP contribution in [0.3, 0.4) is 0 Å². The van der Waals surface area contributed by atoms with Crippen LogP contribution in [-0.4, -0.2) is 38.6 Å². The molecule has 5 rings (SSSR count). The average Bonchev–Trinajstić information content (AvgIpc) is 3.52. The molecule has 0 aliphatic carbocycles. The summed E-state index contributed by atoms with van der Waals surface area (Å²) in [6.07, 6.45) is 5.02. The third-order valence-corrected chi connectivity index (χ3v) is 7.13. The van der Waals surface area contributed by atoms with Crippen LogP contribution in [0, 0.1) is 11.2 Å². The molecule has 0 amide bonds. The molecular weight excluding hydrogens is 473 g/mol. The van der Waals surface area contributed by atoms with E-state index in [0.717, 1.165) is 10.7 Å². The zero-order valence-electron chi connectivity index (χ0n) is 17.6. The number of benzene rings is 1. The van der Waals surface area contributed by atoms with Gasteiger partial charge in [-0.3, -0.25) is 4.99 Å². The highest BCUT2D eigenvalue weighted by atomic mass is 35.5. The first-order valence-electron chi connectivity index (χ1n) is 10.3. The second-order valence-electron chi connectivity index (χ2n) is 8.48. The van der Waals surface area contributed by atoms with Crippen molar-refractivity contribution in [1.29, 1.82) is 0 Å². The van der Waals surface area contributed by atoms with Crippen LogP contribution in [0.25, 0.3) is 5.57 Å². The maximum absolute atomic E-state index is 13.8. The summed E-state index contributed by atoms with van der Waals surface area (Å²) in [5, 5.41) is 6.62. The van der Waals surface area contributed by atoms with Crippen molar-refractivity contribution in [3.8, 4) is 0 Å². The molecule has 6 nitrogen and oxygen atoms in total. The summed E-state index contributed by atoms with van der Waals surface area (Å²) < 4.78 is 41.1. The molecule has 1 fully saturated rings. The van der Waals surface area contributed by atoms with Crippen molar-refractivity contribution in [3.63, 3.8) is 0 Å². The van der Waals surface area contributed by atoms with Gasteiger partial charge in [0, 0.05) is 51.6 Å². The van der Waals surface area contributed by atoms with E-state index in [1.807, 2.05) is 5.38 Å². The highest BCUT2D eigenvalue weighted by molar-refractivity contribution is 7.11. The van der Waals surface area contributed by atoms with Crippen molar-refractivity contribution in [2.24, 2.45) is 16.1 Å². The Hall–Kier alpha value is -2.69. The van der Waals surface area contributed by atoms with Crippen molar-refractivity contribution in [1.82, 2.24) is 19.7 Å². The van der Waals surface area contributed by atoms with Crippen LogP contribution in [0.2, 0.25) is 5.02 Å². The number of aromatic nitrogens is 3. The Balaban J connectivity index is 1.76. The van der Waals surface area contributed by atoms with E-state index in [-0.39, 0.29) is 10.4 Å². The summed E-state index contributed by atoms with van der Waals surface area (Å²) in [7, 11) is 0. The second-order valence-corrected chi connectivity index (χ2v) is 9.78. The molecule has 2 aliphatic heterocycles. The molecule has 0 bridgehead atoms. The molecule has 11 heteroatoms. The quantitative estimate of drug-likeness (QED) is 0.537. The SMILES string of the molecule is C[C@@]1(CN)CC2=C(c3cnn(C(F)F)c3)[C@H](c3ccc(F)cc3Cl)N=C(c3nccs3)N2C1. The molecule has 0 unspecified atom stereocenters. The maximum atomic E-state index is 13.8. The maximum Gasteiger partial charge on any atom is 0.333 e. The standard InChI is InChI=1S/C22H20ClF3N6S/c1-22(10-27)7-16-17(12-8-29-32(9-12)21(25)26)18(14-3-2-13(24)6-15(14)23)30-19(31(16)11-22)20-28-4-5-33-20/h2-6,8-9,18,21H,7,10-11,27H2,1H3/t18-,22-/m0/s1. The Morgan fingerprint density at radius 1 is 1.36 bits per heavy atom. The largest absolute Gasteiger partial charge is 0.333 e. The lowest BCUT2D eigenvalue weighted by molar-refractivity contribution is 0.0566. The average molecular weight is 493 g/mol. The Labute approximate surface area is 197 Å². The van der Waals surface area contributed by atoms with Gasteiger partial charge in [0.05, 0.1) is 6.20 Å². The number of halogens is 4. The van der Waals surface area contributed by atoms with Crippen LogP contribution >= 0.6 is 22.9 Å². The van der Waals surface area contributed by atoms with Crippen LogP contribution in [0.15, 0.2) is 52.9 Å². The van der Waals surface area contributed by atoms with Gasteiger partial charge < -0.3 is 10.6 Å². The number of hydrogen-bond donors (Lipinski definition) is 1. The van der Waals surface area contributed by atoms with E-state index in [0.29, 0.717) is 46.7 Å². The first kappa shape index (κ1) is 22.1. The highest BCUT2D eigenvalue weighted by Crippen LogP contribution is 2.50. The monoisotopic (exact) mass is 492 g/mol. The first-order valence-corrected chi connectivity index (χ1v) is 11.5. The minimum Gasteiger partial charge on any atom is -0.330 e. The lowest BCUT2D eigenvalue weighted by Crippen LogP contribution is -2.36. The summed E-state index contributed by atoms with van der Waals surface area (Å²) in [5.41, 5.74) is 8.55. The van der Waals surface area contributed by atoms with E-state index in [1.165, 1.54) is 35.9 Å². The van der Waals surface area contributed by atoms with E-state index >= 15 is 0 Å². The summed E-state index contributed by atoms with van der Waals surface area (Å²) in [6, 6.07) is 3.47. The van der Waals surface area contributed by atoms with Crippen LogP contribution in [0.4, 0.5) is 13.2 Å². The lowest BCUT2D eigenvalue weighted by Gasteiger charge is -2.32. The van der Waals surface area contributed by atoms with Gasteiger partial charge in [0.2, 0.25) is 0 Å². The summed E-state index contributed by atoms with van der Waals surface area (Å²) >= 11 is 7.90. The van der Waals surface area contributed by atoms with E-state index < -0.39 is 18.4 Å². The van der Waals surface area contributed by atoms with Gasteiger partial charge in [-0.25, -0.2) is 14.1 Å². The first-order chi connectivity index (χ1) is 15.8. The summed E-state index contributed by atoms with van der Waals surface area (Å²) in [5.74, 6) is 0.189. The number of nitrogens with two attached hydrogens (primary N) is 1. The number of hydrogen-bond acceptors (Lipinski definition) is 6. The summed E-state index contributed by atoms with van der Waals surface area (Å²) in [6.45, 7) is 0.346. The molecule has 0 saturated carbocycles. The minimum absolute atomic E-state index is 0.203. The van der Waals surface area contributed by atoms with Gasteiger partial charge in [-0.2, -0.15) is 13.9 Å². The molecule has 4 heterocycles. The topological polar surface area (TPSA) is 72.3 Å². The normalized spacial score (nSPS) is 22.8. The van der Waals surface area contributed by atoms with Gasteiger partial charge in [0.25, 0.3) is 0 Å². The third-order valence-electron chi connectivity index (χ3n) is 6.04. The minimum atomic E-state index is -2.77. The van der Waals surface area contributed by atoms with E-state index in [9.17, 15) is 13.2 Å². The van der Waals surface area contributed by atoms with Crippen molar-refractivity contribution >= 4 is 34.3 Å². The summed E-state index contributed by atoms with van der Waals surface area (Å²) in [4.78, 5) is 11.5. The van der Waals surface area contributed by atoms with Crippen LogP contribution < -0.4 is 5.73 Å². The Bertz CT molecular complexity index is 1250. The van der Waals surface area contributed by atoms with Crippen molar-refractivity contribution in [3.05, 3.63) is 74.8 Å². The fraction of sp³-hybridized carbons (Fsp3) is 0.318. The van der Waals surface area contributed by atoms with Gasteiger partial charge in [0.15, 0.2) is 10.8 Å². The van der Waals surface area contributed by atoms with Crippen LogP contribution in [0.1, 0.15) is 42.1 Å². The molecule has 2 atom stereocenters. The van der Waals surface area contributed by atoms with Crippen molar-refractivity contribution < 1.29 is 13.2 Å². The van der Waals surface area contributed by atoms with Crippen molar-refractivity contribution in [2.75, 3.05) is 13.1 Å². The number of allylic oxidation sites excluding steroid dienone is 1. The molecule has 33 heavy (non-hydrogen) atoms. The van der Waals surface area contributed by atoms with Crippen molar-refractivity contribution in [2.45, 2.75) is 25.9 Å². The van der Waals surface area contributed by atoms with Gasteiger partial charge in [-0.1, -0.05) is 24.6 Å². The number of aliphatic imine (C=N–C) groups is 1. The molecule has 1 aromatic carbocycles. The number of thiazole rings is 1. The van der Waals surface area contributed by atoms with Gasteiger partial charge in [-0.15, -0.1) is 11.3 Å². The van der Waals surface area contributed by atoms with Gasteiger partial charge in [0.1, 0.15) is 11.9 Å². The van der Waals surface area contributed by atoms with E-state index in [1.54, 1.807) is 12.3 Å². The molecule has 2 aromatic heterocycles. The van der Waals surface area contributed by atoms with E-state index in [4.69, 9.17) is 22.3 Å². The number of fused-ring (bicyclic) bond motifs is 1. The fourth-order valence-electron chi connectivity index (χ4n) is 4.39. The van der Waals surface area contributed by atoms with Crippen LogP contribution in [-0.2, 0) is 0 Å². The Morgan fingerprint density at radius 3 is 2.82 bits per heavy atom. The van der Waals surface area contributed by atoms with Crippen LogP contribution in [0.5, 0.6) is 0 Å². The zero-order chi connectivity index (χ0) is 23.3. The Morgan fingerprint density at radius 2 is 2.18 bits per heavy atom. The molecule has 3 aromatic rings. The molecule has 2 N–H and O–H groups in total. The number of rotatable bonds is 5.